The van der Waals surface area contributed by atoms with Gasteiger partial charge in [0.05, 0.1) is 24.8 Å². The third kappa shape index (κ3) is 5.80. The zero-order valence-electron chi connectivity index (χ0n) is 17.2. The maximum atomic E-state index is 12.7. The summed E-state index contributed by atoms with van der Waals surface area (Å²) in [7, 11) is 1.20. The van der Waals surface area contributed by atoms with E-state index in [0.29, 0.717) is 0 Å². The smallest absolute Gasteiger partial charge is 0.416 e. The van der Waals surface area contributed by atoms with E-state index in [-0.39, 0.29) is 29.3 Å². The molecule has 2 aromatic rings. The van der Waals surface area contributed by atoms with Crippen molar-refractivity contribution < 1.29 is 37.1 Å². The van der Waals surface area contributed by atoms with E-state index in [0.717, 1.165) is 40.5 Å². The van der Waals surface area contributed by atoms with Gasteiger partial charge in [-0.05, 0) is 35.7 Å². The largest absolute Gasteiger partial charge is 0.465 e. The molecule has 3 rings (SSSR count). The number of piperazine rings is 1. The second kappa shape index (κ2) is 9.90. The van der Waals surface area contributed by atoms with Gasteiger partial charge in [0.25, 0.3) is 0 Å². The van der Waals surface area contributed by atoms with Crippen molar-refractivity contribution in [2.75, 3.05) is 30.8 Å². The van der Waals surface area contributed by atoms with Crippen LogP contribution in [-0.2, 0) is 20.5 Å². The lowest BCUT2D eigenvalue weighted by Gasteiger charge is -2.34. The van der Waals surface area contributed by atoms with Crippen LogP contribution in [0.15, 0.2) is 35.7 Å². The van der Waals surface area contributed by atoms with E-state index in [1.165, 1.54) is 13.2 Å². The highest BCUT2D eigenvalue weighted by atomic mass is 32.1. The molecule has 0 unspecified atom stereocenters. The number of nitrogens with one attached hydrogen (secondary N) is 3. The first-order valence-electron chi connectivity index (χ1n) is 9.58. The number of esters is 1. The van der Waals surface area contributed by atoms with Crippen molar-refractivity contribution >= 4 is 46.5 Å². The standard InChI is InChI=1S/C20H19F3N4O5S/c1-32-18(30)16-13(6-9-33-16)26-15(28)10-14-17(29)24-7-8-27(14)19(31)25-12-4-2-11(3-5-12)20(21,22)23/h2-6,9,14H,7-8,10H2,1H3,(H,24,29)(H,25,31)(H,26,28)/t14-/m0/s1. The Balaban J connectivity index is 1.68. The SMILES string of the molecule is COC(=O)c1sccc1NC(=O)C[C@H]1C(=O)NCCN1C(=O)Nc1ccc(C(F)(F)F)cc1. The molecule has 33 heavy (non-hydrogen) atoms. The number of carbonyl (C=O) groups excluding carboxylic acids is 4. The zero-order valence-corrected chi connectivity index (χ0v) is 18.0. The fourth-order valence-electron chi connectivity index (χ4n) is 3.13. The van der Waals surface area contributed by atoms with Crippen LogP contribution in [0.1, 0.15) is 21.7 Å². The van der Waals surface area contributed by atoms with Gasteiger partial charge >= 0.3 is 18.2 Å². The summed E-state index contributed by atoms with van der Waals surface area (Å²) in [5, 5.41) is 9.12. The molecule has 176 valence electrons. The number of urea groups is 1. The molecular formula is C20H19F3N4O5S. The summed E-state index contributed by atoms with van der Waals surface area (Å²) >= 11 is 1.07. The lowest BCUT2D eigenvalue weighted by Crippen LogP contribution is -2.59. The molecule has 1 aromatic carbocycles. The number of amides is 4. The summed E-state index contributed by atoms with van der Waals surface area (Å²) in [6.07, 6.45) is -4.91. The van der Waals surface area contributed by atoms with Gasteiger partial charge in [-0.3, -0.25) is 9.59 Å². The summed E-state index contributed by atoms with van der Waals surface area (Å²) in [6, 6.07) is 3.44. The summed E-state index contributed by atoms with van der Waals surface area (Å²) in [4.78, 5) is 50.7. The van der Waals surface area contributed by atoms with Crippen LogP contribution >= 0.6 is 11.3 Å². The minimum absolute atomic E-state index is 0.0853. The number of methoxy groups -OCH3 is 1. The van der Waals surface area contributed by atoms with E-state index in [2.05, 4.69) is 20.7 Å². The van der Waals surface area contributed by atoms with Gasteiger partial charge in [0.2, 0.25) is 11.8 Å². The maximum Gasteiger partial charge on any atom is 0.416 e. The Hall–Kier alpha value is -3.61. The Labute approximate surface area is 189 Å². The van der Waals surface area contributed by atoms with Crippen LogP contribution in [0, 0.1) is 0 Å². The summed E-state index contributed by atoms with van der Waals surface area (Å²) in [5.74, 6) is -1.81. The van der Waals surface area contributed by atoms with Gasteiger partial charge in [0.1, 0.15) is 10.9 Å². The molecule has 9 nitrogen and oxygen atoms in total. The van der Waals surface area contributed by atoms with Gasteiger partial charge < -0.3 is 25.6 Å². The number of thiophene rings is 1. The molecule has 2 heterocycles. The molecule has 13 heteroatoms. The topological polar surface area (TPSA) is 117 Å². The molecule has 0 aliphatic carbocycles. The average molecular weight is 484 g/mol. The first-order chi connectivity index (χ1) is 15.6. The zero-order chi connectivity index (χ0) is 24.2. The molecule has 3 N–H and O–H groups in total. The summed E-state index contributed by atoms with van der Waals surface area (Å²) < 4.78 is 42.8. The Morgan fingerprint density at radius 2 is 1.88 bits per heavy atom. The van der Waals surface area contributed by atoms with E-state index in [1.807, 2.05) is 0 Å². The number of hydrogen-bond acceptors (Lipinski definition) is 6. The normalized spacial score (nSPS) is 16.1. The first-order valence-corrected chi connectivity index (χ1v) is 10.5. The Bertz CT molecular complexity index is 1050. The highest BCUT2D eigenvalue weighted by molar-refractivity contribution is 7.12. The van der Waals surface area contributed by atoms with Gasteiger partial charge in [-0.25, -0.2) is 9.59 Å². The van der Waals surface area contributed by atoms with E-state index < -0.39 is 48.0 Å². The molecule has 0 spiro atoms. The maximum absolute atomic E-state index is 12.7. The van der Waals surface area contributed by atoms with Crippen molar-refractivity contribution in [3.05, 3.63) is 46.2 Å². The van der Waals surface area contributed by atoms with E-state index >= 15 is 0 Å². The number of nitrogens with zero attached hydrogens (tertiary/aromatic N) is 1. The molecule has 1 saturated heterocycles. The van der Waals surface area contributed by atoms with Crippen molar-refractivity contribution in [1.82, 2.24) is 10.2 Å². The number of hydrogen-bond donors (Lipinski definition) is 3. The summed E-state index contributed by atoms with van der Waals surface area (Å²) in [6.45, 7) is 0.233. The minimum Gasteiger partial charge on any atom is -0.465 e. The Morgan fingerprint density at radius 1 is 1.18 bits per heavy atom. The van der Waals surface area contributed by atoms with Crippen LogP contribution < -0.4 is 16.0 Å². The highest BCUT2D eigenvalue weighted by Crippen LogP contribution is 2.30. The number of ether oxygens (including phenoxy) is 1. The van der Waals surface area contributed by atoms with Crippen LogP contribution in [0.25, 0.3) is 0 Å². The van der Waals surface area contributed by atoms with Crippen LogP contribution in [-0.4, -0.2) is 55.0 Å². The van der Waals surface area contributed by atoms with Crippen LogP contribution in [0.5, 0.6) is 0 Å². The first kappa shape index (κ1) is 24.0. The monoisotopic (exact) mass is 484 g/mol. The molecule has 0 bridgehead atoms. The van der Waals surface area contributed by atoms with Crippen molar-refractivity contribution in [2.45, 2.75) is 18.6 Å². The second-order valence-corrected chi connectivity index (χ2v) is 7.83. The van der Waals surface area contributed by atoms with Gasteiger partial charge in [0, 0.05) is 18.8 Å². The molecule has 0 radical (unpaired) electrons. The van der Waals surface area contributed by atoms with E-state index in [1.54, 1.807) is 5.38 Å². The number of carbonyl (C=O) groups is 4. The number of rotatable bonds is 5. The molecule has 1 aliphatic rings. The minimum atomic E-state index is -4.51. The molecule has 1 atom stereocenters. The highest BCUT2D eigenvalue weighted by Gasteiger charge is 2.35. The third-order valence-corrected chi connectivity index (χ3v) is 5.64. The average Bonchev–Trinajstić information content (AvgIpc) is 3.22. The molecule has 1 fully saturated rings. The summed E-state index contributed by atoms with van der Waals surface area (Å²) in [5.41, 5.74) is -0.552. The lowest BCUT2D eigenvalue weighted by molar-refractivity contribution is -0.137. The molecule has 4 amide bonds. The van der Waals surface area contributed by atoms with Gasteiger partial charge in [-0.2, -0.15) is 13.2 Å². The van der Waals surface area contributed by atoms with Crippen LogP contribution in [0.3, 0.4) is 0 Å². The van der Waals surface area contributed by atoms with Crippen molar-refractivity contribution in [3.63, 3.8) is 0 Å². The third-order valence-electron chi connectivity index (χ3n) is 4.74. The van der Waals surface area contributed by atoms with Crippen LogP contribution in [0.4, 0.5) is 29.3 Å². The van der Waals surface area contributed by atoms with Crippen molar-refractivity contribution in [1.29, 1.82) is 0 Å². The quantitative estimate of drug-likeness (QED) is 0.565. The van der Waals surface area contributed by atoms with Crippen molar-refractivity contribution in [2.24, 2.45) is 0 Å². The number of anilines is 2. The van der Waals surface area contributed by atoms with E-state index in [9.17, 15) is 32.3 Å². The van der Waals surface area contributed by atoms with Gasteiger partial charge in [0.15, 0.2) is 0 Å². The fraction of sp³-hybridized carbons (Fsp3) is 0.300. The second-order valence-electron chi connectivity index (χ2n) is 6.91. The number of benzene rings is 1. The molecule has 0 saturated carbocycles. The predicted octanol–water partition coefficient (Wildman–Crippen LogP) is 2.91. The fourth-order valence-corrected chi connectivity index (χ4v) is 3.90. The van der Waals surface area contributed by atoms with Crippen LogP contribution in [0.2, 0.25) is 0 Å². The Kier molecular flexibility index (Phi) is 7.21. The lowest BCUT2D eigenvalue weighted by atomic mass is 10.1. The van der Waals surface area contributed by atoms with Gasteiger partial charge in [-0.15, -0.1) is 11.3 Å². The molecule has 1 aromatic heterocycles. The number of alkyl halides is 3. The van der Waals surface area contributed by atoms with E-state index in [4.69, 9.17) is 0 Å². The molecule has 1 aliphatic heterocycles. The predicted molar refractivity (Wildman–Crippen MR) is 113 cm³/mol. The van der Waals surface area contributed by atoms with Gasteiger partial charge in [-0.1, -0.05) is 0 Å². The van der Waals surface area contributed by atoms with Crippen molar-refractivity contribution in [3.8, 4) is 0 Å². The Morgan fingerprint density at radius 3 is 2.52 bits per heavy atom. The molecular weight excluding hydrogens is 465 g/mol. The number of halogens is 3.